The highest BCUT2D eigenvalue weighted by Gasteiger charge is 2.66. The lowest BCUT2D eigenvalue weighted by molar-refractivity contribution is -0.135. The summed E-state index contributed by atoms with van der Waals surface area (Å²) in [5, 5.41) is 14.1. The van der Waals surface area contributed by atoms with Gasteiger partial charge in [-0.3, -0.25) is 24.1 Å². The topological polar surface area (TPSA) is 122 Å². The molecular weight excluding hydrogens is 717 g/mol. The van der Waals surface area contributed by atoms with Gasteiger partial charge in [0.1, 0.15) is 17.2 Å². The van der Waals surface area contributed by atoms with Gasteiger partial charge in [-0.05, 0) is 72.4 Å². The Balaban J connectivity index is 1.21. The van der Waals surface area contributed by atoms with Crippen molar-refractivity contribution < 1.29 is 33.8 Å². The second-order valence-corrected chi connectivity index (χ2v) is 15.1. The number of fused-ring (bicyclic) bond motifs is 4. The summed E-state index contributed by atoms with van der Waals surface area (Å²) in [5.74, 6) is -4.54. The molecule has 6 atom stereocenters. The molecule has 9 rings (SSSR count). The minimum atomic E-state index is -1.49. The summed E-state index contributed by atoms with van der Waals surface area (Å²) in [7, 11) is 2.96. The van der Waals surface area contributed by atoms with E-state index in [-0.39, 0.29) is 53.5 Å². The smallest absolute Gasteiger partial charge is 0.238 e. The van der Waals surface area contributed by atoms with Crippen molar-refractivity contribution in [3.63, 3.8) is 0 Å². The molecule has 1 saturated carbocycles. The lowest BCUT2D eigenvalue weighted by Gasteiger charge is -2.55. The van der Waals surface area contributed by atoms with Gasteiger partial charge in [0.05, 0.1) is 37.2 Å². The number of carbonyl (C=O) groups excluding carboxylic acids is 4. The lowest BCUT2D eigenvalue weighted by atomic mass is 9.44. The van der Waals surface area contributed by atoms with Crippen LogP contribution < -0.4 is 19.7 Å². The van der Waals surface area contributed by atoms with Gasteiger partial charge in [-0.15, -0.1) is 0 Å². The molecule has 57 heavy (non-hydrogen) atoms. The van der Waals surface area contributed by atoms with E-state index >= 15 is 9.59 Å². The van der Waals surface area contributed by atoms with E-state index in [1.165, 1.54) is 37.3 Å². The summed E-state index contributed by atoms with van der Waals surface area (Å²) in [4.78, 5) is 61.2. The van der Waals surface area contributed by atoms with Gasteiger partial charge in [0.15, 0.2) is 11.6 Å². The Kier molecular flexibility index (Phi) is 8.88. The predicted molar refractivity (Wildman–Crippen MR) is 216 cm³/mol. The van der Waals surface area contributed by atoms with E-state index in [0.717, 1.165) is 16.9 Å². The molecule has 2 amide bonds. The molecule has 2 fully saturated rings. The number of ketones is 2. The average molecular weight is 757 g/mol. The maximum absolute atomic E-state index is 15.4. The molecule has 0 bridgehead atoms. The molecule has 1 aliphatic heterocycles. The van der Waals surface area contributed by atoms with Crippen LogP contribution in [0.4, 0.5) is 17.1 Å². The molecule has 3 aliphatic carbocycles. The quantitative estimate of drug-likeness (QED) is 0.120. The van der Waals surface area contributed by atoms with E-state index < -0.39 is 35.0 Å². The van der Waals surface area contributed by atoms with Crippen molar-refractivity contribution in [3.05, 3.63) is 162 Å². The third-order valence-electron chi connectivity index (χ3n) is 12.4. The molecule has 0 radical (unpaired) electrons. The number of imide groups is 1. The summed E-state index contributed by atoms with van der Waals surface area (Å²) in [6, 6.07) is 38.4. The lowest BCUT2D eigenvalue weighted by Crippen LogP contribution is -2.59. The van der Waals surface area contributed by atoms with Gasteiger partial charge in [0.25, 0.3) is 0 Å². The first kappa shape index (κ1) is 35.9. The molecule has 9 heteroatoms. The van der Waals surface area contributed by atoms with E-state index in [4.69, 9.17) is 9.47 Å². The first-order chi connectivity index (χ1) is 27.8. The number of allylic oxidation sites excluding steroid dienone is 4. The zero-order valence-electron chi connectivity index (χ0n) is 31.4. The number of hydrogen-bond donors (Lipinski definition) is 2. The van der Waals surface area contributed by atoms with Crippen molar-refractivity contribution in [2.45, 2.75) is 24.2 Å². The van der Waals surface area contributed by atoms with Gasteiger partial charge in [0.2, 0.25) is 11.8 Å². The van der Waals surface area contributed by atoms with Crippen LogP contribution in [0.2, 0.25) is 0 Å². The van der Waals surface area contributed by atoms with Gasteiger partial charge in [0, 0.05) is 46.5 Å². The van der Waals surface area contributed by atoms with Gasteiger partial charge >= 0.3 is 0 Å². The van der Waals surface area contributed by atoms with Crippen LogP contribution in [-0.2, 0) is 24.6 Å². The number of nitrogens with one attached hydrogen (secondary N) is 1. The SMILES string of the molecule is COc1cc(O)cc(OC)c1[C@H]1C2=CC[C@@H]3C(=O)N(c4ccc(Nc5ccccc5)cc4)C(=O)[C@@H]3[C@@H]2C[C@H]2C(=O)C(c3ccccc3)=CC(=O)[C@@]12c1ccccc1. The van der Waals surface area contributed by atoms with Crippen LogP contribution in [0.5, 0.6) is 17.2 Å². The molecule has 1 saturated heterocycles. The van der Waals surface area contributed by atoms with E-state index in [2.05, 4.69) is 5.32 Å². The number of carbonyl (C=O) groups is 4. The van der Waals surface area contributed by atoms with Crippen molar-refractivity contribution in [1.82, 2.24) is 0 Å². The number of hydrogen-bond acceptors (Lipinski definition) is 8. The average Bonchev–Trinajstić information content (AvgIpc) is 3.51. The Morgan fingerprint density at radius 1 is 0.719 bits per heavy atom. The summed E-state index contributed by atoms with van der Waals surface area (Å²) >= 11 is 0. The van der Waals surface area contributed by atoms with Crippen molar-refractivity contribution in [2.24, 2.45) is 23.7 Å². The van der Waals surface area contributed by atoms with Gasteiger partial charge in [-0.1, -0.05) is 90.5 Å². The third-order valence-corrected chi connectivity index (χ3v) is 12.4. The van der Waals surface area contributed by atoms with Crippen LogP contribution in [0.15, 0.2) is 145 Å². The maximum atomic E-state index is 15.4. The highest BCUT2D eigenvalue weighted by molar-refractivity contribution is 6.32. The zero-order valence-corrected chi connectivity index (χ0v) is 31.4. The molecule has 5 aromatic carbocycles. The number of amides is 2. The van der Waals surface area contributed by atoms with E-state index in [1.807, 2.05) is 109 Å². The Hall–Kier alpha value is -6.74. The Morgan fingerprint density at radius 2 is 1.32 bits per heavy atom. The number of Topliss-reactive ketones (excluding diaryl/α,β-unsaturated/α-hetero) is 1. The molecule has 284 valence electrons. The van der Waals surface area contributed by atoms with E-state index in [1.54, 1.807) is 12.1 Å². The summed E-state index contributed by atoms with van der Waals surface area (Å²) in [6.07, 6.45) is 3.89. The predicted octanol–water partition coefficient (Wildman–Crippen LogP) is 8.18. The fourth-order valence-corrected chi connectivity index (χ4v) is 10.0. The molecule has 5 aromatic rings. The van der Waals surface area contributed by atoms with Crippen LogP contribution in [0.1, 0.15) is 35.4 Å². The Morgan fingerprint density at radius 3 is 1.95 bits per heavy atom. The van der Waals surface area contributed by atoms with E-state index in [0.29, 0.717) is 28.0 Å². The van der Waals surface area contributed by atoms with Crippen LogP contribution in [0, 0.1) is 23.7 Å². The standard InChI is InChI=1S/C48H40N2O7/c1-56-39-24-33(51)25-40(57-2)43(39)44-34-22-23-35-42(47(55)50(46(35)54)32-20-18-31(19-21-32)49-30-16-10-5-11-17-30)37(34)26-38-45(53)36(28-12-6-3-7-13-28)27-41(52)48(38,44)29-14-8-4-9-15-29/h3-22,24-25,27,35,37-38,42,44,49,51H,23,26H2,1-2H3/t35-,37+,38-,42-,44+,48-/m0/s1. The minimum Gasteiger partial charge on any atom is -0.508 e. The van der Waals surface area contributed by atoms with Crippen molar-refractivity contribution in [2.75, 3.05) is 24.4 Å². The summed E-state index contributed by atoms with van der Waals surface area (Å²) < 4.78 is 11.9. The van der Waals surface area contributed by atoms with Gasteiger partial charge < -0.3 is 19.9 Å². The Bertz CT molecular complexity index is 2450. The molecule has 4 aliphatic rings. The molecular formula is C48H40N2O7. The fourth-order valence-electron chi connectivity index (χ4n) is 10.0. The molecule has 1 heterocycles. The van der Waals surface area contributed by atoms with Crippen LogP contribution in [0.3, 0.4) is 0 Å². The van der Waals surface area contributed by atoms with Crippen molar-refractivity contribution in [3.8, 4) is 17.2 Å². The number of phenols is 1. The summed E-state index contributed by atoms with van der Waals surface area (Å²) in [5.41, 5.74) is 3.50. The number of nitrogens with zero attached hydrogens (tertiary/aromatic N) is 1. The zero-order chi connectivity index (χ0) is 39.4. The number of methoxy groups -OCH3 is 2. The number of para-hydroxylation sites is 1. The third kappa shape index (κ3) is 5.59. The van der Waals surface area contributed by atoms with Crippen LogP contribution >= 0.6 is 0 Å². The normalized spacial score (nSPS) is 25.2. The first-order valence-corrected chi connectivity index (χ1v) is 19.1. The molecule has 0 spiro atoms. The van der Waals surface area contributed by atoms with Crippen LogP contribution in [0.25, 0.3) is 5.57 Å². The molecule has 0 aromatic heterocycles. The highest BCUT2D eigenvalue weighted by atomic mass is 16.5. The number of anilines is 3. The largest absolute Gasteiger partial charge is 0.508 e. The number of aromatic hydroxyl groups is 1. The van der Waals surface area contributed by atoms with Gasteiger partial charge in [-0.2, -0.15) is 0 Å². The molecule has 0 unspecified atom stereocenters. The second-order valence-electron chi connectivity index (χ2n) is 15.1. The number of ether oxygens (including phenoxy) is 2. The van der Waals surface area contributed by atoms with Gasteiger partial charge in [-0.25, -0.2) is 0 Å². The second kappa shape index (κ2) is 14.1. The summed E-state index contributed by atoms with van der Waals surface area (Å²) in [6.45, 7) is 0. The highest BCUT2D eigenvalue weighted by Crippen LogP contribution is 2.65. The fraction of sp³-hybridized carbons (Fsp3) is 0.208. The minimum absolute atomic E-state index is 0.0997. The van der Waals surface area contributed by atoms with E-state index in [9.17, 15) is 14.7 Å². The number of phenolic OH excluding ortho intramolecular Hbond substituents is 1. The molecule has 9 nitrogen and oxygen atoms in total. The van der Waals surface area contributed by atoms with Crippen molar-refractivity contribution >= 4 is 46.0 Å². The first-order valence-electron chi connectivity index (χ1n) is 19.1. The number of benzene rings is 5. The van der Waals surface area contributed by atoms with Crippen molar-refractivity contribution in [1.29, 1.82) is 0 Å². The number of rotatable bonds is 8. The van der Waals surface area contributed by atoms with Crippen LogP contribution in [-0.4, -0.2) is 42.7 Å². The Labute approximate surface area is 330 Å². The molecule has 2 N–H and O–H groups in total. The maximum Gasteiger partial charge on any atom is 0.238 e. The monoisotopic (exact) mass is 756 g/mol.